The Bertz CT molecular complexity index is 364. The van der Waals surface area contributed by atoms with Gasteiger partial charge in [0, 0.05) is 0 Å². The molecule has 0 fully saturated rings. The van der Waals surface area contributed by atoms with E-state index in [0.29, 0.717) is 5.02 Å². The molecule has 1 rings (SSSR count). The highest BCUT2D eigenvalue weighted by Crippen LogP contribution is 2.26. The van der Waals surface area contributed by atoms with Crippen molar-refractivity contribution in [3.05, 3.63) is 34.3 Å². The van der Waals surface area contributed by atoms with Crippen molar-refractivity contribution in [3.63, 3.8) is 0 Å². The number of carboxylic acid groups (broad SMARTS) is 1. The van der Waals surface area contributed by atoms with Crippen molar-refractivity contribution in [2.45, 2.75) is 26.2 Å². The maximum atomic E-state index is 10.7. The van der Waals surface area contributed by atoms with Crippen LogP contribution < -0.4 is 0 Å². The molecule has 0 heterocycles. The summed E-state index contributed by atoms with van der Waals surface area (Å²) in [6, 6.07) is 5.06. The van der Waals surface area contributed by atoms with Crippen molar-refractivity contribution in [2.24, 2.45) is 0 Å². The summed E-state index contributed by atoms with van der Waals surface area (Å²) in [5.74, 6) is -0.990. The summed E-state index contributed by atoms with van der Waals surface area (Å²) >= 11 is 5.85. The Morgan fingerprint density at radius 3 is 2.29 bits per heavy atom. The molecular formula is C11H13ClO2. The predicted octanol–water partition coefficient (Wildman–Crippen LogP) is 3.34. The molecule has 0 aliphatic rings. The van der Waals surface area contributed by atoms with Crippen molar-refractivity contribution in [1.82, 2.24) is 0 Å². The van der Waals surface area contributed by atoms with Gasteiger partial charge < -0.3 is 5.11 Å². The molecule has 2 nitrogen and oxygen atoms in total. The SMILES string of the molecule is CC(C)(C)c1ccc(C(=O)O)c(Cl)c1. The van der Waals surface area contributed by atoms with Crippen LogP contribution in [0.2, 0.25) is 5.02 Å². The highest BCUT2D eigenvalue weighted by molar-refractivity contribution is 6.33. The van der Waals surface area contributed by atoms with Crippen LogP contribution >= 0.6 is 11.6 Å². The van der Waals surface area contributed by atoms with E-state index in [1.807, 2.05) is 0 Å². The molecule has 0 atom stereocenters. The standard InChI is InChI=1S/C11H13ClO2/c1-11(2,3)7-4-5-8(10(13)14)9(12)6-7/h4-6H,1-3H3,(H,13,14). The molecular weight excluding hydrogens is 200 g/mol. The number of carboxylic acids is 1. The zero-order valence-electron chi connectivity index (χ0n) is 8.47. The zero-order chi connectivity index (χ0) is 10.9. The largest absolute Gasteiger partial charge is 0.478 e. The highest BCUT2D eigenvalue weighted by atomic mass is 35.5. The Morgan fingerprint density at radius 1 is 1.36 bits per heavy atom. The minimum atomic E-state index is -0.990. The van der Waals surface area contributed by atoms with Crippen molar-refractivity contribution in [2.75, 3.05) is 0 Å². The Labute approximate surface area is 88.5 Å². The number of rotatable bonds is 1. The van der Waals surface area contributed by atoms with E-state index in [1.54, 1.807) is 18.2 Å². The normalized spacial score (nSPS) is 11.4. The van der Waals surface area contributed by atoms with E-state index < -0.39 is 5.97 Å². The van der Waals surface area contributed by atoms with E-state index in [2.05, 4.69) is 20.8 Å². The van der Waals surface area contributed by atoms with Crippen LogP contribution in [0.15, 0.2) is 18.2 Å². The fraction of sp³-hybridized carbons (Fsp3) is 0.364. The molecule has 1 aromatic rings. The van der Waals surface area contributed by atoms with E-state index in [9.17, 15) is 4.79 Å². The minimum Gasteiger partial charge on any atom is -0.478 e. The Hall–Kier alpha value is -1.02. The second kappa shape index (κ2) is 3.62. The van der Waals surface area contributed by atoms with Gasteiger partial charge in [0.2, 0.25) is 0 Å². The van der Waals surface area contributed by atoms with Crippen LogP contribution in [0.4, 0.5) is 0 Å². The Kier molecular flexibility index (Phi) is 2.86. The van der Waals surface area contributed by atoms with Crippen LogP contribution in [0.3, 0.4) is 0 Å². The van der Waals surface area contributed by atoms with Gasteiger partial charge in [-0.3, -0.25) is 0 Å². The second-order valence-electron chi connectivity index (χ2n) is 4.25. The van der Waals surface area contributed by atoms with Crippen LogP contribution in [0.5, 0.6) is 0 Å². The molecule has 1 aromatic carbocycles. The number of aromatic carboxylic acids is 1. The maximum Gasteiger partial charge on any atom is 0.337 e. The summed E-state index contributed by atoms with van der Waals surface area (Å²) in [5, 5.41) is 9.07. The second-order valence-corrected chi connectivity index (χ2v) is 4.66. The summed E-state index contributed by atoms with van der Waals surface area (Å²) in [5.41, 5.74) is 1.17. The van der Waals surface area contributed by atoms with Crippen molar-refractivity contribution >= 4 is 17.6 Å². The number of hydrogen-bond donors (Lipinski definition) is 1. The highest BCUT2D eigenvalue weighted by Gasteiger charge is 2.16. The number of hydrogen-bond acceptors (Lipinski definition) is 1. The molecule has 3 heteroatoms. The van der Waals surface area contributed by atoms with Gasteiger partial charge in [-0.05, 0) is 23.1 Å². The third-order valence-electron chi connectivity index (χ3n) is 2.07. The van der Waals surface area contributed by atoms with E-state index in [0.717, 1.165) is 5.56 Å². The topological polar surface area (TPSA) is 37.3 Å². The van der Waals surface area contributed by atoms with Gasteiger partial charge in [-0.2, -0.15) is 0 Å². The van der Waals surface area contributed by atoms with Crippen LogP contribution in [0.25, 0.3) is 0 Å². The lowest BCUT2D eigenvalue weighted by atomic mass is 9.87. The first kappa shape index (κ1) is 11.1. The van der Waals surface area contributed by atoms with Crippen LogP contribution in [0, 0.1) is 0 Å². The molecule has 14 heavy (non-hydrogen) atoms. The third kappa shape index (κ3) is 2.26. The Balaban J connectivity index is 3.20. The van der Waals surface area contributed by atoms with Crippen LogP contribution in [-0.2, 0) is 5.41 Å². The van der Waals surface area contributed by atoms with Crippen molar-refractivity contribution in [3.8, 4) is 0 Å². The van der Waals surface area contributed by atoms with Gasteiger partial charge in [0.1, 0.15) is 0 Å². The van der Waals surface area contributed by atoms with Crippen LogP contribution in [0.1, 0.15) is 36.7 Å². The number of carbonyl (C=O) groups is 1. The molecule has 0 amide bonds. The summed E-state index contributed by atoms with van der Waals surface area (Å²) in [4.78, 5) is 10.7. The molecule has 76 valence electrons. The summed E-state index contributed by atoms with van der Waals surface area (Å²) in [7, 11) is 0. The summed E-state index contributed by atoms with van der Waals surface area (Å²) in [6.45, 7) is 6.16. The summed E-state index contributed by atoms with van der Waals surface area (Å²) < 4.78 is 0. The number of benzene rings is 1. The average Bonchev–Trinajstić information content (AvgIpc) is 2.01. The zero-order valence-corrected chi connectivity index (χ0v) is 9.22. The van der Waals surface area contributed by atoms with Crippen LogP contribution in [-0.4, -0.2) is 11.1 Å². The van der Waals surface area contributed by atoms with E-state index >= 15 is 0 Å². The van der Waals surface area contributed by atoms with E-state index in [-0.39, 0.29) is 11.0 Å². The average molecular weight is 213 g/mol. The molecule has 0 radical (unpaired) electrons. The van der Waals surface area contributed by atoms with E-state index in [1.165, 1.54) is 0 Å². The molecule has 0 aliphatic heterocycles. The Morgan fingerprint density at radius 2 is 1.93 bits per heavy atom. The third-order valence-corrected chi connectivity index (χ3v) is 2.38. The van der Waals surface area contributed by atoms with Crippen molar-refractivity contribution < 1.29 is 9.90 Å². The van der Waals surface area contributed by atoms with Gasteiger partial charge in [-0.1, -0.05) is 38.4 Å². The molecule has 0 saturated carbocycles. The monoisotopic (exact) mass is 212 g/mol. The lowest BCUT2D eigenvalue weighted by Crippen LogP contribution is -2.11. The maximum absolute atomic E-state index is 10.7. The lowest BCUT2D eigenvalue weighted by molar-refractivity contribution is 0.0697. The lowest BCUT2D eigenvalue weighted by Gasteiger charge is -2.19. The van der Waals surface area contributed by atoms with Gasteiger partial charge in [-0.15, -0.1) is 0 Å². The van der Waals surface area contributed by atoms with Gasteiger partial charge in [0.25, 0.3) is 0 Å². The molecule has 0 saturated heterocycles. The first-order chi connectivity index (χ1) is 6.32. The fourth-order valence-electron chi connectivity index (χ4n) is 1.16. The first-order valence-electron chi connectivity index (χ1n) is 4.35. The quantitative estimate of drug-likeness (QED) is 0.775. The van der Waals surface area contributed by atoms with Gasteiger partial charge in [0.15, 0.2) is 0 Å². The smallest absolute Gasteiger partial charge is 0.337 e. The molecule has 0 bridgehead atoms. The predicted molar refractivity (Wildman–Crippen MR) is 57.1 cm³/mol. The minimum absolute atomic E-state index is 0.0132. The molecule has 0 aromatic heterocycles. The molecule has 0 spiro atoms. The van der Waals surface area contributed by atoms with E-state index in [4.69, 9.17) is 16.7 Å². The summed E-state index contributed by atoms with van der Waals surface area (Å²) in [6.07, 6.45) is 0. The van der Waals surface area contributed by atoms with Gasteiger partial charge in [0.05, 0.1) is 10.6 Å². The van der Waals surface area contributed by atoms with Gasteiger partial charge in [-0.25, -0.2) is 4.79 Å². The van der Waals surface area contributed by atoms with Crippen molar-refractivity contribution in [1.29, 1.82) is 0 Å². The number of halogens is 1. The molecule has 0 aliphatic carbocycles. The molecule has 1 N–H and O–H groups in total. The first-order valence-corrected chi connectivity index (χ1v) is 4.73. The molecule has 0 unspecified atom stereocenters. The van der Waals surface area contributed by atoms with Gasteiger partial charge >= 0.3 is 5.97 Å². The fourth-order valence-corrected chi connectivity index (χ4v) is 1.42.